The molecule has 0 fully saturated rings. The number of ether oxygens (including phenoxy) is 3. The average Bonchev–Trinajstić information content (AvgIpc) is 2.77. The number of benzene rings is 3. The predicted molar refractivity (Wildman–Crippen MR) is 122 cm³/mol. The molecule has 0 heterocycles. The summed E-state index contributed by atoms with van der Waals surface area (Å²) in [6.07, 6.45) is 0.858. The van der Waals surface area contributed by atoms with Gasteiger partial charge in [0.1, 0.15) is 12.4 Å². The third-order valence-corrected chi connectivity index (χ3v) is 5.32. The molecule has 158 valence electrons. The van der Waals surface area contributed by atoms with Crippen molar-refractivity contribution in [3.8, 4) is 17.2 Å². The predicted octanol–water partition coefficient (Wildman–Crippen LogP) is 5.92. The van der Waals surface area contributed by atoms with Crippen molar-refractivity contribution in [3.63, 3.8) is 0 Å². The normalized spacial score (nSPS) is 10.7. The van der Waals surface area contributed by atoms with E-state index in [0.717, 1.165) is 41.3 Å². The van der Waals surface area contributed by atoms with Gasteiger partial charge in [-0.05, 0) is 54.9 Å². The van der Waals surface area contributed by atoms with Crippen LogP contribution in [0, 0.1) is 0 Å². The molecule has 0 bridgehead atoms. The molecule has 4 nitrogen and oxygen atoms in total. The van der Waals surface area contributed by atoms with Crippen LogP contribution in [0.25, 0.3) is 0 Å². The SMILES string of the molecule is COc1ccc(CCNCc2cc(Cl)ccc2OCc2ccccc2Cl)cc1OC. The molecule has 0 aliphatic rings. The van der Waals surface area contributed by atoms with E-state index in [0.29, 0.717) is 23.2 Å². The Morgan fingerprint density at radius 2 is 1.57 bits per heavy atom. The summed E-state index contributed by atoms with van der Waals surface area (Å²) in [5, 5.41) is 4.83. The molecule has 1 N–H and O–H groups in total. The van der Waals surface area contributed by atoms with Gasteiger partial charge in [0.25, 0.3) is 0 Å². The summed E-state index contributed by atoms with van der Waals surface area (Å²) in [5.41, 5.74) is 3.12. The van der Waals surface area contributed by atoms with Crippen LogP contribution in [0.2, 0.25) is 10.0 Å². The first-order valence-corrected chi connectivity index (χ1v) is 10.4. The third-order valence-electron chi connectivity index (χ3n) is 4.72. The van der Waals surface area contributed by atoms with Crippen LogP contribution >= 0.6 is 23.2 Å². The van der Waals surface area contributed by atoms with E-state index in [1.54, 1.807) is 14.2 Å². The Balaban J connectivity index is 1.57. The van der Waals surface area contributed by atoms with E-state index in [9.17, 15) is 0 Å². The van der Waals surface area contributed by atoms with Gasteiger partial charge in [-0.25, -0.2) is 0 Å². The maximum atomic E-state index is 6.23. The van der Waals surface area contributed by atoms with Gasteiger partial charge in [-0.15, -0.1) is 0 Å². The van der Waals surface area contributed by atoms with Gasteiger partial charge in [0.2, 0.25) is 0 Å². The lowest BCUT2D eigenvalue weighted by Crippen LogP contribution is -2.17. The van der Waals surface area contributed by atoms with Crippen molar-refractivity contribution in [3.05, 3.63) is 87.4 Å². The molecule has 0 unspecified atom stereocenters. The number of nitrogens with one attached hydrogen (secondary N) is 1. The molecular weight excluding hydrogens is 421 g/mol. The highest BCUT2D eigenvalue weighted by Gasteiger charge is 2.08. The van der Waals surface area contributed by atoms with Crippen LogP contribution in [0.4, 0.5) is 0 Å². The van der Waals surface area contributed by atoms with Crippen molar-refractivity contribution < 1.29 is 14.2 Å². The van der Waals surface area contributed by atoms with Gasteiger partial charge in [0.05, 0.1) is 14.2 Å². The van der Waals surface area contributed by atoms with Gasteiger partial charge in [0.15, 0.2) is 11.5 Å². The Bertz CT molecular complexity index is 978. The van der Waals surface area contributed by atoms with Crippen molar-refractivity contribution in [1.82, 2.24) is 5.32 Å². The van der Waals surface area contributed by atoms with Crippen LogP contribution in [0.1, 0.15) is 16.7 Å². The lowest BCUT2D eigenvalue weighted by Gasteiger charge is -2.14. The lowest BCUT2D eigenvalue weighted by molar-refractivity contribution is 0.302. The first kappa shape index (κ1) is 22.3. The third kappa shape index (κ3) is 6.05. The summed E-state index contributed by atoms with van der Waals surface area (Å²) in [5.74, 6) is 2.26. The number of hydrogen-bond donors (Lipinski definition) is 1. The van der Waals surface area contributed by atoms with E-state index in [-0.39, 0.29) is 0 Å². The molecule has 30 heavy (non-hydrogen) atoms. The zero-order chi connectivity index (χ0) is 21.3. The van der Waals surface area contributed by atoms with Crippen LogP contribution in [0.15, 0.2) is 60.7 Å². The highest BCUT2D eigenvalue weighted by molar-refractivity contribution is 6.31. The standard InChI is InChI=1S/C24H25Cl2NO3/c1-28-23-9-7-17(13-24(23)29-2)11-12-27-15-19-14-20(25)8-10-22(19)30-16-18-5-3-4-6-21(18)26/h3-10,13-14,27H,11-12,15-16H2,1-2H3. The highest BCUT2D eigenvalue weighted by atomic mass is 35.5. The minimum atomic E-state index is 0.403. The molecule has 0 spiro atoms. The fourth-order valence-corrected chi connectivity index (χ4v) is 3.47. The van der Waals surface area contributed by atoms with Gasteiger partial charge < -0.3 is 19.5 Å². The lowest BCUT2D eigenvalue weighted by atomic mass is 10.1. The Hall–Kier alpha value is -2.40. The zero-order valence-electron chi connectivity index (χ0n) is 17.1. The Morgan fingerprint density at radius 1 is 0.800 bits per heavy atom. The minimum Gasteiger partial charge on any atom is -0.493 e. The second-order valence-electron chi connectivity index (χ2n) is 6.75. The van der Waals surface area contributed by atoms with Gasteiger partial charge in [-0.3, -0.25) is 0 Å². The minimum absolute atomic E-state index is 0.403. The summed E-state index contributed by atoms with van der Waals surface area (Å²) < 4.78 is 16.7. The van der Waals surface area contributed by atoms with Gasteiger partial charge in [0, 0.05) is 27.7 Å². The van der Waals surface area contributed by atoms with Crippen LogP contribution in [-0.2, 0) is 19.6 Å². The molecule has 3 aromatic carbocycles. The van der Waals surface area contributed by atoms with Gasteiger partial charge in [-0.1, -0.05) is 47.5 Å². The summed E-state index contributed by atoms with van der Waals surface area (Å²) in [7, 11) is 3.28. The topological polar surface area (TPSA) is 39.7 Å². The Morgan fingerprint density at radius 3 is 2.33 bits per heavy atom. The molecule has 0 radical (unpaired) electrons. The van der Waals surface area contributed by atoms with Crippen molar-refractivity contribution in [2.45, 2.75) is 19.6 Å². The van der Waals surface area contributed by atoms with E-state index in [2.05, 4.69) is 5.32 Å². The summed E-state index contributed by atoms with van der Waals surface area (Å²) in [6, 6.07) is 19.3. The first-order valence-electron chi connectivity index (χ1n) is 9.67. The van der Waals surface area contributed by atoms with E-state index >= 15 is 0 Å². The molecule has 6 heteroatoms. The van der Waals surface area contributed by atoms with Gasteiger partial charge >= 0.3 is 0 Å². The van der Waals surface area contributed by atoms with Crippen molar-refractivity contribution in [2.75, 3.05) is 20.8 Å². The van der Waals surface area contributed by atoms with E-state index in [4.69, 9.17) is 37.4 Å². The summed E-state index contributed by atoms with van der Waals surface area (Å²) in [6.45, 7) is 1.84. The molecule has 3 rings (SSSR count). The van der Waals surface area contributed by atoms with Crippen molar-refractivity contribution >= 4 is 23.2 Å². The molecule has 0 atom stereocenters. The Kier molecular flexibility index (Phi) is 8.26. The number of rotatable bonds is 10. The molecule has 0 amide bonds. The molecule has 0 saturated carbocycles. The largest absolute Gasteiger partial charge is 0.493 e. The maximum absolute atomic E-state index is 6.23. The van der Waals surface area contributed by atoms with E-state index in [1.165, 1.54) is 5.56 Å². The fraction of sp³-hybridized carbons (Fsp3) is 0.250. The summed E-state index contributed by atoms with van der Waals surface area (Å²) in [4.78, 5) is 0. The number of halogens is 2. The second kappa shape index (κ2) is 11.1. The summed E-state index contributed by atoms with van der Waals surface area (Å²) >= 11 is 12.4. The average molecular weight is 446 g/mol. The monoisotopic (exact) mass is 445 g/mol. The van der Waals surface area contributed by atoms with Crippen LogP contribution in [0.3, 0.4) is 0 Å². The number of methoxy groups -OCH3 is 2. The second-order valence-corrected chi connectivity index (χ2v) is 7.59. The van der Waals surface area contributed by atoms with E-state index in [1.807, 2.05) is 60.7 Å². The quantitative estimate of drug-likeness (QED) is 0.393. The van der Waals surface area contributed by atoms with Crippen molar-refractivity contribution in [1.29, 1.82) is 0 Å². The molecule has 0 saturated heterocycles. The van der Waals surface area contributed by atoms with Crippen LogP contribution < -0.4 is 19.5 Å². The van der Waals surface area contributed by atoms with E-state index < -0.39 is 0 Å². The molecular formula is C24H25Cl2NO3. The number of hydrogen-bond acceptors (Lipinski definition) is 4. The molecule has 3 aromatic rings. The Labute approximate surface area is 187 Å². The van der Waals surface area contributed by atoms with Crippen LogP contribution in [0.5, 0.6) is 17.2 Å². The molecule has 0 aliphatic carbocycles. The first-order chi connectivity index (χ1) is 14.6. The molecule has 0 aliphatic heterocycles. The zero-order valence-corrected chi connectivity index (χ0v) is 18.6. The fourth-order valence-electron chi connectivity index (χ4n) is 3.09. The maximum Gasteiger partial charge on any atom is 0.160 e. The highest BCUT2D eigenvalue weighted by Crippen LogP contribution is 2.28. The smallest absolute Gasteiger partial charge is 0.160 e. The van der Waals surface area contributed by atoms with Crippen molar-refractivity contribution in [2.24, 2.45) is 0 Å². The van der Waals surface area contributed by atoms with Gasteiger partial charge in [-0.2, -0.15) is 0 Å². The van der Waals surface area contributed by atoms with Crippen LogP contribution in [-0.4, -0.2) is 20.8 Å². The molecule has 0 aromatic heterocycles.